The summed E-state index contributed by atoms with van der Waals surface area (Å²) in [5.41, 5.74) is -0.122. The number of pyridine rings is 1. The number of hydrogen-bond acceptors (Lipinski definition) is 2. The summed E-state index contributed by atoms with van der Waals surface area (Å²) in [6.07, 6.45) is -0.484. The van der Waals surface area contributed by atoms with Crippen molar-refractivity contribution in [2.45, 2.75) is 32.4 Å². The molecule has 2 aromatic rings. The number of alkyl halides is 3. The van der Waals surface area contributed by atoms with Gasteiger partial charge < -0.3 is 9.67 Å². The largest absolute Gasteiger partial charge is 0.388 e. The van der Waals surface area contributed by atoms with Crippen LogP contribution in [0, 0.1) is 6.20 Å². The Bertz CT molecular complexity index is 585. The Morgan fingerprint density at radius 2 is 1.85 bits per heavy atom. The van der Waals surface area contributed by atoms with E-state index < -0.39 is 11.9 Å². The Hall–Kier alpha value is -1.20. The van der Waals surface area contributed by atoms with Crippen LogP contribution in [0.4, 0.5) is 13.2 Å². The van der Waals surface area contributed by atoms with Gasteiger partial charge in [-0.25, -0.2) is 0 Å². The van der Waals surface area contributed by atoms with E-state index in [2.05, 4.69) is 16.3 Å². The number of aromatic nitrogens is 3. The predicted molar refractivity (Wildman–Crippen MR) is 63.9 cm³/mol. The van der Waals surface area contributed by atoms with E-state index in [1.807, 2.05) is 26.8 Å². The van der Waals surface area contributed by atoms with Gasteiger partial charge in [0.05, 0.1) is 11.5 Å². The Labute approximate surface area is 128 Å². The number of hydrogen-bond donors (Lipinski definition) is 0. The van der Waals surface area contributed by atoms with Crippen molar-refractivity contribution in [3.05, 3.63) is 41.9 Å². The van der Waals surface area contributed by atoms with Gasteiger partial charge in [-0.2, -0.15) is 13.2 Å². The van der Waals surface area contributed by atoms with E-state index in [9.17, 15) is 13.2 Å². The monoisotopic (exact) mass is 461 g/mol. The summed E-state index contributed by atoms with van der Waals surface area (Å²) in [5.74, 6) is 0.322. The first-order chi connectivity index (χ1) is 8.68. The number of rotatable bonds is 1. The molecule has 0 bridgehead atoms. The van der Waals surface area contributed by atoms with Crippen LogP contribution in [0.2, 0.25) is 0 Å². The normalized spacial score (nSPS) is 12.1. The van der Waals surface area contributed by atoms with Gasteiger partial charge >= 0.3 is 6.18 Å². The molecule has 0 unspecified atom stereocenters. The molecular formula is C13H13F3IrN3-. The van der Waals surface area contributed by atoms with E-state index in [0.717, 1.165) is 16.3 Å². The van der Waals surface area contributed by atoms with Crippen molar-refractivity contribution in [3.8, 4) is 5.82 Å². The molecule has 0 atom stereocenters. The Balaban J connectivity index is 0.00000200. The van der Waals surface area contributed by atoms with Gasteiger partial charge in [-0.05, 0) is 17.0 Å². The molecule has 7 heteroatoms. The van der Waals surface area contributed by atoms with Gasteiger partial charge in [-0.15, -0.1) is 6.07 Å². The molecule has 3 nitrogen and oxygen atoms in total. The van der Waals surface area contributed by atoms with Crippen LogP contribution in [0.5, 0.6) is 0 Å². The zero-order valence-electron chi connectivity index (χ0n) is 11.1. The first kappa shape index (κ1) is 16.9. The van der Waals surface area contributed by atoms with Crippen LogP contribution in [-0.2, 0) is 31.7 Å². The van der Waals surface area contributed by atoms with E-state index in [-0.39, 0.29) is 25.5 Å². The molecule has 0 fully saturated rings. The fraction of sp³-hybridized carbons (Fsp3) is 0.385. The second-order valence-electron chi connectivity index (χ2n) is 5.22. The fourth-order valence-corrected chi connectivity index (χ4v) is 1.54. The molecule has 2 rings (SSSR count). The minimum Gasteiger partial charge on any atom is -0.343 e. The van der Waals surface area contributed by atoms with Crippen molar-refractivity contribution in [2.75, 3.05) is 0 Å². The van der Waals surface area contributed by atoms with Gasteiger partial charge in [0.2, 0.25) is 0 Å². The van der Waals surface area contributed by atoms with Gasteiger partial charge in [-0.1, -0.05) is 33.0 Å². The maximum atomic E-state index is 12.5. The van der Waals surface area contributed by atoms with Gasteiger partial charge in [0.1, 0.15) is 0 Å². The van der Waals surface area contributed by atoms with Crippen LogP contribution >= 0.6 is 0 Å². The Morgan fingerprint density at radius 3 is 2.35 bits per heavy atom. The zero-order valence-corrected chi connectivity index (χ0v) is 13.5. The quantitative estimate of drug-likeness (QED) is 0.611. The Kier molecular flexibility index (Phi) is 4.77. The zero-order chi connectivity index (χ0) is 14.3. The summed E-state index contributed by atoms with van der Waals surface area (Å²) >= 11 is 0. The molecule has 1 radical (unpaired) electrons. The summed E-state index contributed by atoms with van der Waals surface area (Å²) in [5, 5.41) is 3.45. The maximum absolute atomic E-state index is 12.5. The van der Waals surface area contributed by atoms with Crippen LogP contribution in [-0.4, -0.2) is 14.8 Å². The van der Waals surface area contributed by atoms with E-state index >= 15 is 0 Å². The summed E-state index contributed by atoms with van der Waals surface area (Å²) in [6.45, 7) is 6.04. The molecule has 0 amide bonds. The molecule has 0 aliphatic rings. The molecular weight excluding hydrogens is 447 g/mol. The summed E-state index contributed by atoms with van der Waals surface area (Å²) in [4.78, 5) is 4.02. The smallest absolute Gasteiger partial charge is 0.343 e. The van der Waals surface area contributed by atoms with Crippen molar-refractivity contribution >= 4 is 0 Å². The third-order valence-electron chi connectivity index (χ3n) is 2.65. The van der Waals surface area contributed by atoms with Gasteiger partial charge in [0.15, 0.2) is 0 Å². The summed E-state index contributed by atoms with van der Waals surface area (Å²) in [6, 6.07) is 4.35. The van der Waals surface area contributed by atoms with Crippen molar-refractivity contribution in [3.63, 3.8) is 0 Å². The molecule has 2 heterocycles. The third kappa shape index (κ3) is 3.67. The maximum Gasteiger partial charge on any atom is 0.388 e. The molecule has 2 aromatic heterocycles. The van der Waals surface area contributed by atoms with Gasteiger partial charge in [0.25, 0.3) is 0 Å². The molecule has 0 saturated carbocycles. The first-order valence-corrected chi connectivity index (χ1v) is 5.70. The van der Waals surface area contributed by atoms with Crippen LogP contribution in [0.25, 0.3) is 5.82 Å². The van der Waals surface area contributed by atoms with Crippen LogP contribution in [0.15, 0.2) is 24.4 Å². The molecule has 0 aliphatic carbocycles. The summed E-state index contributed by atoms with van der Waals surface area (Å²) in [7, 11) is 0. The number of halogens is 3. The second-order valence-corrected chi connectivity index (χ2v) is 5.22. The van der Waals surface area contributed by atoms with Crippen molar-refractivity contribution in [2.24, 2.45) is 0 Å². The van der Waals surface area contributed by atoms with Crippen molar-refractivity contribution < 1.29 is 33.3 Å². The second kappa shape index (κ2) is 5.66. The van der Waals surface area contributed by atoms with Crippen molar-refractivity contribution in [1.29, 1.82) is 0 Å². The number of nitrogens with zero attached hydrogens (tertiary/aromatic N) is 3. The molecule has 0 aromatic carbocycles. The third-order valence-corrected chi connectivity index (χ3v) is 2.65. The Morgan fingerprint density at radius 1 is 1.20 bits per heavy atom. The SMILES string of the molecule is CC(C)(C)c1ccnc(-n2[c-]cc(C(F)(F)F)n2)c1.[Ir]. The van der Waals surface area contributed by atoms with Crippen LogP contribution in [0.3, 0.4) is 0 Å². The average Bonchev–Trinajstić information content (AvgIpc) is 2.77. The van der Waals surface area contributed by atoms with Gasteiger partial charge in [-0.3, -0.25) is 5.10 Å². The summed E-state index contributed by atoms with van der Waals surface area (Å²) < 4.78 is 38.4. The van der Waals surface area contributed by atoms with E-state index in [1.165, 1.54) is 0 Å². The van der Waals surface area contributed by atoms with Crippen LogP contribution in [0.1, 0.15) is 32.0 Å². The minimum atomic E-state index is -4.47. The molecule has 0 N–H and O–H groups in total. The standard InChI is InChI=1S/C13H13F3N3.Ir/c1-12(2,3)9-4-6-17-11(8-9)19-7-5-10(18-19)13(14,15)16;/h4-6,8H,1-3H3;/q-1;. The van der Waals surface area contributed by atoms with E-state index in [4.69, 9.17) is 0 Å². The minimum absolute atomic E-state index is 0. The molecule has 0 saturated heterocycles. The molecule has 20 heavy (non-hydrogen) atoms. The van der Waals surface area contributed by atoms with Crippen molar-refractivity contribution in [1.82, 2.24) is 14.8 Å². The van der Waals surface area contributed by atoms with Crippen LogP contribution < -0.4 is 0 Å². The molecule has 0 spiro atoms. The predicted octanol–water partition coefficient (Wildman–Crippen LogP) is 3.38. The van der Waals surface area contributed by atoms with E-state index in [0.29, 0.717) is 5.82 Å². The molecule has 111 valence electrons. The average molecular weight is 460 g/mol. The fourth-order valence-electron chi connectivity index (χ4n) is 1.54. The first-order valence-electron chi connectivity index (χ1n) is 5.70. The van der Waals surface area contributed by atoms with E-state index in [1.54, 1.807) is 12.3 Å². The topological polar surface area (TPSA) is 30.7 Å². The van der Waals surface area contributed by atoms with Gasteiger partial charge in [0, 0.05) is 26.3 Å². The molecule has 0 aliphatic heterocycles.